The smallest absolute Gasteiger partial charge is 0.273 e. The average Bonchev–Trinajstić information content (AvgIpc) is 3.21. The van der Waals surface area contributed by atoms with Gasteiger partial charge in [0.15, 0.2) is 0 Å². The van der Waals surface area contributed by atoms with Crippen molar-refractivity contribution in [3.05, 3.63) is 77.5 Å². The van der Waals surface area contributed by atoms with Crippen molar-refractivity contribution < 1.29 is 4.79 Å². The number of benzene rings is 2. The summed E-state index contributed by atoms with van der Waals surface area (Å²) in [6, 6.07) is 18.5. The summed E-state index contributed by atoms with van der Waals surface area (Å²) in [5, 5.41) is 5.34. The molecule has 4 nitrogen and oxygen atoms in total. The van der Waals surface area contributed by atoms with E-state index in [1.165, 1.54) is 5.56 Å². The minimum absolute atomic E-state index is 0.125. The number of H-pyrrole nitrogens is 1. The van der Waals surface area contributed by atoms with Crippen LogP contribution < -0.4 is 5.43 Å². The number of aryl methyl sites for hydroxylation is 1. The van der Waals surface area contributed by atoms with Gasteiger partial charge in [-0.25, -0.2) is 5.43 Å². The number of amides is 1. The maximum Gasteiger partial charge on any atom is 0.273 e. The van der Waals surface area contributed by atoms with Crippen molar-refractivity contribution in [3.8, 4) is 0 Å². The number of aromatic amines is 1. The monoisotopic (exact) mass is 329 g/mol. The van der Waals surface area contributed by atoms with Crippen LogP contribution in [0.15, 0.2) is 71.5 Å². The van der Waals surface area contributed by atoms with E-state index in [4.69, 9.17) is 0 Å². The zero-order valence-corrected chi connectivity index (χ0v) is 13.8. The molecule has 3 aromatic rings. The Hall–Kier alpha value is -3.14. The summed E-state index contributed by atoms with van der Waals surface area (Å²) in [7, 11) is 0. The van der Waals surface area contributed by atoms with Gasteiger partial charge >= 0.3 is 0 Å². The highest BCUT2D eigenvalue weighted by atomic mass is 16.2. The van der Waals surface area contributed by atoms with Gasteiger partial charge in [0.2, 0.25) is 0 Å². The maximum absolute atomic E-state index is 12.2. The molecule has 0 saturated carbocycles. The number of hydrogen-bond acceptors (Lipinski definition) is 2. The maximum atomic E-state index is 12.2. The lowest BCUT2D eigenvalue weighted by molar-refractivity contribution is -0.116. The summed E-state index contributed by atoms with van der Waals surface area (Å²) >= 11 is 0. The van der Waals surface area contributed by atoms with Crippen LogP contribution in [0.3, 0.4) is 0 Å². The second kappa shape index (κ2) is 6.77. The van der Waals surface area contributed by atoms with E-state index in [1.807, 2.05) is 36.5 Å². The van der Waals surface area contributed by atoms with E-state index in [9.17, 15) is 4.79 Å². The molecule has 0 atom stereocenters. The molecule has 0 unspecified atom stereocenters. The number of hydrazone groups is 1. The molecule has 1 aliphatic heterocycles. The third-order valence-electron chi connectivity index (χ3n) is 4.49. The molecule has 0 saturated heterocycles. The Balaban J connectivity index is 1.51. The molecule has 124 valence electrons. The third kappa shape index (κ3) is 3.24. The quantitative estimate of drug-likeness (QED) is 0.681. The van der Waals surface area contributed by atoms with Gasteiger partial charge in [-0.05, 0) is 37.0 Å². The summed E-state index contributed by atoms with van der Waals surface area (Å²) in [6.07, 6.45) is 6.59. The Morgan fingerprint density at radius 3 is 2.64 bits per heavy atom. The molecule has 2 heterocycles. The minimum Gasteiger partial charge on any atom is -0.361 e. The molecule has 2 N–H and O–H groups in total. The van der Waals surface area contributed by atoms with Gasteiger partial charge < -0.3 is 4.98 Å². The van der Waals surface area contributed by atoms with Crippen molar-refractivity contribution in [2.24, 2.45) is 5.10 Å². The van der Waals surface area contributed by atoms with Gasteiger partial charge in [0.05, 0.1) is 11.3 Å². The highest BCUT2D eigenvalue weighted by Gasteiger charge is 2.22. The van der Waals surface area contributed by atoms with Crippen molar-refractivity contribution >= 4 is 28.6 Å². The lowest BCUT2D eigenvalue weighted by atomic mass is 10.0. The van der Waals surface area contributed by atoms with E-state index in [2.05, 4.69) is 45.8 Å². The van der Waals surface area contributed by atoms with Crippen LogP contribution in [0.5, 0.6) is 0 Å². The Morgan fingerprint density at radius 2 is 1.76 bits per heavy atom. The SMILES string of the molecule is O=C1NN=C(CCCc2ccccc2)/C1=C/c1c[nH]c2ccccc12. The summed E-state index contributed by atoms with van der Waals surface area (Å²) < 4.78 is 0. The van der Waals surface area contributed by atoms with Crippen molar-refractivity contribution in [1.29, 1.82) is 0 Å². The molecule has 1 amide bonds. The van der Waals surface area contributed by atoms with Gasteiger partial charge in [0, 0.05) is 22.7 Å². The van der Waals surface area contributed by atoms with Gasteiger partial charge in [-0.15, -0.1) is 0 Å². The molecule has 1 aliphatic rings. The van der Waals surface area contributed by atoms with Crippen molar-refractivity contribution in [1.82, 2.24) is 10.4 Å². The molecule has 0 fully saturated rings. The number of hydrogen-bond donors (Lipinski definition) is 2. The van der Waals surface area contributed by atoms with Crippen molar-refractivity contribution in [3.63, 3.8) is 0 Å². The van der Waals surface area contributed by atoms with Crippen LogP contribution in [0, 0.1) is 0 Å². The molecule has 4 heteroatoms. The van der Waals surface area contributed by atoms with Gasteiger partial charge in [-0.2, -0.15) is 5.10 Å². The normalized spacial score (nSPS) is 15.6. The van der Waals surface area contributed by atoms with Crippen LogP contribution in [-0.4, -0.2) is 16.6 Å². The van der Waals surface area contributed by atoms with Crippen molar-refractivity contribution in [2.45, 2.75) is 19.3 Å². The standard InChI is InChI=1S/C21H19N3O/c25-21-18(13-16-14-22-19-11-5-4-10-17(16)19)20(23-24-21)12-6-9-15-7-2-1-3-8-15/h1-5,7-8,10-11,13-14,22H,6,9,12H2,(H,24,25)/b18-13-. The lowest BCUT2D eigenvalue weighted by Gasteiger charge is -2.03. The zero-order chi connectivity index (χ0) is 17.1. The number of para-hydroxylation sites is 1. The third-order valence-corrected chi connectivity index (χ3v) is 4.49. The molecule has 2 aromatic carbocycles. The molecule has 0 radical (unpaired) electrons. The molecule has 0 aliphatic carbocycles. The van der Waals surface area contributed by atoms with E-state index >= 15 is 0 Å². The van der Waals surface area contributed by atoms with Crippen molar-refractivity contribution in [2.75, 3.05) is 0 Å². The number of carbonyl (C=O) groups is 1. The number of nitrogens with zero attached hydrogens (tertiary/aromatic N) is 1. The number of rotatable bonds is 5. The Bertz CT molecular complexity index is 967. The average molecular weight is 329 g/mol. The first-order valence-electron chi connectivity index (χ1n) is 8.50. The molecular weight excluding hydrogens is 310 g/mol. The fourth-order valence-electron chi connectivity index (χ4n) is 3.18. The summed E-state index contributed by atoms with van der Waals surface area (Å²) in [4.78, 5) is 15.4. The Kier molecular flexibility index (Phi) is 4.17. The van der Waals surface area contributed by atoms with Crippen LogP contribution in [-0.2, 0) is 11.2 Å². The van der Waals surface area contributed by atoms with Gasteiger partial charge in [-0.3, -0.25) is 4.79 Å². The van der Waals surface area contributed by atoms with E-state index in [0.717, 1.165) is 41.4 Å². The number of fused-ring (bicyclic) bond motifs is 1. The number of nitrogens with one attached hydrogen (secondary N) is 2. The van der Waals surface area contributed by atoms with Gasteiger partial charge in [0.1, 0.15) is 0 Å². The second-order valence-corrected chi connectivity index (χ2v) is 6.19. The molecule has 0 spiro atoms. The first-order chi connectivity index (χ1) is 12.3. The van der Waals surface area contributed by atoms with E-state index in [-0.39, 0.29) is 5.91 Å². The highest BCUT2D eigenvalue weighted by Crippen LogP contribution is 2.23. The molecular formula is C21H19N3O. The van der Waals surface area contributed by atoms with E-state index in [0.29, 0.717) is 5.57 Å². The van der Waals surface area contributed by atoms with E-state index < -0.39 is 0 Å². The first-order valence-corrected chi connectivity index (χ1v) is 8.50. The minimum atomic E-state index is -0.125. The largest absolute Gasteiger partial charge is 0.361 e. The van der Waals surface area contributed by atoms with Crippen LogP contribution in [0.2, 0.25) is 0 Å². The fraction of sp³-hybridized carbons (Fsp3) is 0.143. The molecule has 25 heavy (non-hydrogen) atoms. The number of aromatic nitrogens is 1. The fourth-order valence-corrected chi connectivity index (χ4v) is 3.18. The summed E-state index contributed by atoms with van der Waals surface area (Å²) in [5.41, 5.74) is 7.49. The highest BCUT2D eigenvalue weighted by molar-refractivity contribution is 6.27. The van der Waals surface area contributed by atoms with Crippen LogP contribution in [0.4, 0.5) is 0 Å². The van der Waals surface area contributed by atoms with Crippen LogP contribution in [0.25, 0.3) is 17.0 Å². The van der Waals surface area contributed by atoms with Crippen LogP contribution in [0.1, 0.15) is 24.0 Å². The molecule has 0 bridgehead atoms. The molecule has 1 aromatic heterocycles. The first kappa shape index (κ1) is 15.4. The topological polar surface area (TPSA) is 57.2 Å². The summed E-state index contributed by atoms with van der Waals surface area (Å²) in [5.74, 6) is -0.125. The second-order valence-electron chi connectivity index (χ2n) is 6.19. The predicted octanol–water partition coefficient (Wildman–Crippen LogP) is 4.06. The van der Waals surface area contributed by atoms with E-state index in [1.54, 1.807) is 0 Å². The van der Waals surface area contributed by atoms with Crippen LogP contribution >= 0.6 is 0 Å². The van der Waals surface area contributed by atoms with Gasteiger partial charge in [0.25, 0.3) is 5.91 Å². The Morgan fingerprint density at radius 1 is 0.960 bits per heavy atom. The predicted molar refractivity (Wildman–Crippen MR) is 101 cm³/mol. The molecule has 4 rings (SSSR count). The van der Waals surface area contributed by atoms with Gasteiger partial charge in [-0.1, -0.05) is 48.5 Å². The number of carbonyl (C=O) groups excluding carboxylic acids is 1. The Labute approximate surface area is 146 Å². The summed E-state index contributed by atoms with van der Waals surface area (Å²) in [6.45, 7) is 0. The lowest BCUT2D eigenvalue weighted by Crippen LogP contribution is -2.13. The zero-order valence-electron chi connectivity index (χ0n) is 13.8.